The predicted octanol–water partition coefficient (Wildman–Crippen LogP) is 1.24. The Labute approximate surface area is 93.8 Å². The SMILES string of the molecule is CS(=O)(=O)Nc1ccnn1-c1ccccc1. The molecule has 2 aromatic rings. The van der Waals surface area contributed by atoms with E-state index in [9.17, 15) is 8.42 Å². The lowest BCUT2D eigenvalue weighted by molar-refractivity contribution is 0.606. The van der Waals surface area contributed by atoms with Gasteiger partial charge in [0.25, 0.3) is 0 Å². The number of anilines is 1. The maximum Gasteiger partial charge on any atom is 0.230 e. The summed E-state index contributed by atoms with van der Waals surface area (Å²) in [6.45, 7) is 0. The standard InChI is InChI=1S/C10H11N3O2S/c1-16(14,15)12-10-7-8-11-13(10)9-5-3-2-4-6-9/h2-8,12H,1H3. The van der Waals surface area contributed by atoms with E-state index < -0.39 is 10.0 Å². The van der Waals surface area contributed by atoms with E-state index in [-0.39, 0.29) is 0 Å². The number of nitrogens with one attached hydrogen (secondary N) is 1. The lowest BCUT2D eigenvalue weighted by Gasteiger charge is -2.07. The molecule has 5 nitrogen and oxygen atoms in total. The third-order valence-corrected chi connectivity index (χ3v) is 2.51. The minimum atomic E-state index is -3.29. The molecule has 0 aliphatic rings. The number of para-hydroxylation sites is 1. The van der Waals surface area contributed by atoms with E-state index in [1.165, 1.54) is 4.68 Å². The van der Waals surface area contributed by atoms with Crippen LogP contribution < -0.4 is 4.72 Å². The zero-order valence-electron chi connectivity index (χ0n) is 8.66. The molecule has 0 atom stereocenters. The second-order valence-corrected chi connectivity index (χ2v) is 5.09. The molecule has 0 aliphatic heterocycles. The molecule has 16 heavy (non-hydrogen) atoms. The topological polar surface area (TPSA) is 64.0 Å². The second kappa shape index (κ2) is 3.97. The highest BCUT2D eigenvalue weighted by atomic mass is 32.2. The van der Waals surface area contributed by atoms with Crippen LogP contribution in [0.5, 0.6) is 0 Å². The Bertz CT molecular complexity index is 575. The lowest BCUT2D eigenvalue weighted by atomic mass is 10.3. The molecule has 1 N–H and O–H groups in total. The fourth-order valence-electron chi connectivity index (χ4n) is 1.35. The fraction of sp³-hybridized carbons (Fsp3) is 0.100. The van der Waals surface area contributed by atoms with Crippen molar-refractivity contribution in [1.82, 2.24) is 9.78 Å². The molecule has 6 heteroatoms. The molecule has 1 aromatic carbocycles. The minimum absolute atomic E-state index is 0.425. The van der Waals surface area contributed by atoms with E-state index in [4.69, 9.17) is 0 Å². The summed E-state index contributed by atoms with van der Waals surface area (Å²) < 4.78 is 26.2. The van der Waals surface area contributed by atoms with Crippen molar-refractivity contribution >= 4 is 15.8 Å². The van der Waals surface area contributed by atoms with Gasteiger partial charge in [0, 0.05) is 6.07 Å². The van der Waals surface area contributed by atoms with Crippen molar-refractivity contribution in [2.75, 3.05) is 11.0 Å². The van der Waals surface area contributed by atoms with Gasteiger partial charge >= 0.3 is 0 Å². The molecule has 0 unspecified atom stereocenters. The number of aromatic nitrogens is 2. The van der Waals surface area contributed by atoms with Crippen LogP contribution in [-0.4, -0.2) is 24.5 Å². The first-order valence-electron chi connectivity index (χ1n) is 4.63. The van der Waals surface area contributed by atoms with Crippen LogP contribution in [-0.2, 0) is 10.0 Å². The van der Waals surface area contributed by atoms with Gasteiger partial charge in [0.2, 0.25) is 10.0 Å². The summed E-state index contributed by atoms with van der Waals surface area (Å²) in [6, 6.07) is 10.9. The summed E-state index contributed by atoms with van der Waals surface area (Å²) in [4.78, 5) is 0. The molecule has 84 valence electrons. The molecule has 0 saturated heterocycles. The predicted molar refractivity (Wildman–Crippen MR) is 62.0 cm³/mol. The van der Waals surface area contributed by atoms with E-state index in [0.29, 0.717) is 5.82 Å². The highest BCUT2D eigenvalue weighted by Crippen LogP contribution is 2.14. The third-order valence-electron chi connectivity index (χ3n) is 1.93. The first-order chi connectivity index (χ1) is 7.56. The minimum Gasteiger partial charge on any atom is -0.267 e. The average molecular weight is 237 g/mol. The quantitative estimate of drug-likeness (QED) is 0.873. The van der Waals surface area contributed by atoms with Crippen molar-refractivity contribution in [2.45, 2.75) is 0 Å². The molecular weight excluding hydrogens is 226 g/mol. The first kappa shape index (κ1) is 10.7. The molecule has 1 heterocycles. The molecule has 2 rings (SSSR count). The van der Waals surface area contributed by atoms with Crippen molar-refractivity contribution in [2.24, 2.45) is 0 Å². The fourth-order valence-corrected chi connectivity index (χ4v) is 1.88. The first-order valence-corrected chi connectivity index (χ1v) is 6.53. The van der Waals surface area contributed by atoms with Gasteiger partial charge in [-0.05, 0) is 12.1 Å². The summed E-state index contributed by atoms with van der Waals surface area (Å²) in [6.07, 6.45) is 2.65. The Morgan fingerprint density at radius 3 is 2.50 bits per heavy atom. The number of hydrogen-bond donors (Lipinski definition) is 1. The average Bonchev–Trinajstić information content (AvgIpc) is 2.64. The number of nitrogens with zero attached hydrogens (tertiary/aromatic N) is 2. The Balaban J connectivity index is 2.41. The number of sulfonamides is 1. The van der Waals surface area contributed by atoms with Gasteiger partial charge < -0.3 is 0 Å². The normalized spacial score (nSPS) is 11.3. The highest BCUT2D eigenvalue weighted by molar-refractivity contribution is 7.92. The molecule has 0 fully saturated rings. The van der Waals surface area contributed by atoms with Gasteiger partial charge in [-0.15, -0.1) is 0 Å². The van der Waals surface area contributed by atoms with Gasteiger partial charge in [0.15, 0.2) is 0 Å². The molecule has 0 aliphatic carbocycles. The molecule has 1 aromatic heterocycles. The number of rotatable bonds is 3. The van der Waals surface area contributed by atoms with Crippen molar-refractivity contribution in [3.63, 3.8) is 0 Å². The summed E-state index contributed by atoms with van der Waals surface area (Å²) in [5, 5.41) is 4.06. The summed E-state index contributed by atoms with van der Waals surface area (Å²) in [5.41, 5.74) is 0.804. The van der Waals surface area contributed by atoms with Crippen molar-refractivity contribution in [3.05, 3.63) is 42.6 Å². The molecule has 0 bridgehead atoms. The van der Waals surface area contributed by atoms with Crippen molar-refractivity contribution < 1.29 is 8.42 Å². The maximum atomic E-state index is 11.1. The number of benzene rings is 1. The van der Waals surface area contributed by atoms with Gasteiger partial charge in [-0.25, -0.2) is 13.1 Å². The molecule has 0 spiro atoms. The summed E-state index contributed by atoms with van der Waals surface area (Å²) in [5.74, 6) is 0.425. The summed E-state index contributed by atoms with van der Waals surface area (Å²) in [7, 11) is -3.29. The molecule has 0 radical (unpaired) electrons. The number of hydrogen-bond acceptors (Lipinski definition) is 3. The Hall–Kier alpha value is -1.82. The van der Waals surface area contributed by atoms with Crippen LogP contribution in [0, 0.1) is 0 Å². The van der Waals surface area contributed by atoms with Gasteiger partial charge in [0.1, 0.15) is 5.82 Å². The Kier molecular flexibility index (Phi) is 2.66. The summed E-state index contributed by atoms with van der Waals surface area (Å²) >= 11 is 0. The zero-order chi connectivity index (χ0) is 11.6. The van der Waals surface area contributed by atoms with E-state index in [1.807, 2.05) is 30.3 Å². The van der Waals surface area contributed by atoms with Gasteiger partial charge in [-0.1, -0.05) is 18.2 Å². The Morgan fingerprint density at radius 2 is 1.88 bits per heavy atom. The smallest absolute Gasteiger partial charge is 0.230 e. The largest absolute Gasteiger partial charge is 0.267 e. The van der Waals surface area contributed by atoms with Crippen LogP contribution >= 0.6 is 0 Å². The van der Waals surface area contributed by atoms with Gasteiger partial charge in [-0.2, -0.15) is 5.10 Å². The van der Waals surface area contributed by atoms with E-state index in [2.05, 4.69) is 9.82 Å². The van der Waals surface area contributed by atoms with Crippen molar-refractivity contribution in [3.8, 4) is 5.69 Å². The maximum absolute atomic E-state index is 11.1. The highest BCUT2D eigenvalue weighted by Gasteiger charge is 2.08. The van der Waals surface area contributed by atoms with Gasteiger partial charge in [-0.3, -0.25) is 4.72 Å². The Morgan fingerprint density at radius 1 is 1.19 bits per heavy atom. The van der Waals surface area contributed by atoms with Crippen molar-refractivity contribution in [1.29, 1.82) is 0 Å². The van der Waals surface area contributed by atoms with Crippen LogP contribution in [0.1, 0.15) is 0 Å². The third kappa shape index (κ3) is 2.40. The van der Waals surface area contributed by atoms with E-state index in [0.717, 1.165) is 11.9 Å². The van der Waals surface area contributed by atoms with E-state index >= 15 is 0 Å². The van der Waals surface area contributed by atoms with Crippen LogP contribution in [0.3, 0.4) is 0 Å². The second-order valence-electron chi connectivity index (χ2n) is 3.34. The molecular formula is C10H11N3O2S. The molecule has 0 saturated carbocycles. The van der Waals surface area contributed by atoms with Gasteiger partial charge in [0.05, 0.1) is 18.1 Å². The zero-order valence-corrected chi connectivity index (χ0v) is 9.48. The molecule has 0 amide bonds. The van der Waals surface area contributed by atoms with Crippen LogP contribution in [0.15, 0.2) is 42.6 Å². The van der Waals surface area contributed by atoms with Crippen LogP contribution in [0.25, 0.3) is 5.69 Å². The van der Waals surface area contributed by atoms with Crippen LogP contribution in [0.2, 0.25) is 0 Å². The monoisotopic (exact) mass is 237 g/mol. The lowest BCUT2D eigenvalue weighted by Crippen LogP contribution is -2.13. The van der Waals surface area contributed by atoms with E-state index in [1.54, 1.807) is 12.3 Å². The van der Waals surface area contributed by atoms with Crippen LogP contribution in [0.4, 0.5) is 5.82 Å².